The summed E-state index contributed by atoms with van der Waals surface area (Å²) in [5, 5.41) is 2.82. The number of halogens is 1. The summed E-state index contributed by atoms with van der Waals surface area (Å²) in [5.74, 6) is -0.512. The van der Waals surface area contributed by atoms with Crippen molar-refractivity contribution < 1.29 is 14.3 Å². The molecule has 0 radical (unpaired) electrons. The van der Waals surface area contributed by atoms with Gasteiger partial charge in [-0.15, -0.1) is 0 Å². The second-order valence-electron chi connectivity index (χ2n) is 5.00. The van der Waals surface area contributed by atoms with Crippen molar-refractivity contribution in [2.45, 2.75) is 19.8 Å². The highest BCUT2D eigenvalue weighted by Crippen LogP contribution is 2.15. The van der Waals surface area contributed by atoms with E-state index in [1.54, 1.807) is 30.3 Å². The summed E-state index contributed by atoms with van der Waals surface area (Å²) in [5.41, 5.74) is 1.74. The Balaban J connectivity index is 1.99. The average molecular weight is 423 g/mol. The maximum absolute atomic E-state index is 12.2. The lowest BCUT2D eigenvalue weighted by Gasteiger charge is -2.08. The lowest BCUT2D eigenvalue weighted by atomic mass is 10.2. The summed E-state index contributed by atoms with van der Waals surface area (Å²) >= 11 is 2.13. The zero-order valence-electron chi connectivity index (χ0n) is 12.8. The summed E-state index contributed by atoms with van der Waals surface area (Å²) < 4.78 is 6.03. The predicted molar refractivity (Wildman–Crippen MR) is 98.7 cm³/mol. The summed E-state index contributed by atoms with van der Waals surface area (Å²) in [7, 11) is 0. The van der Waals surface area contributed by atoms with Crippen LogP contribution in [-0.4, -0.2) is 18.5 Å². The maximum Gasteiger partial charge on any atom is 0.338 e. The van der Waals surface area contributed by atoms with Crippen LogP contribution >= 0.6 is 22.6 Å². The monoisotopic (exact) mass is 423 g/mol. The molecule has 23 heavy (non-hydrogen) atoms. The fourth-order valence-electron chi connectivity index (χ4n) is 1.93. The van der Waals surface area contributed by atoms with Crippen molar-refractivity contribution in [1.29, 1.82) is 0 Å². The van der Waals surface area contributed by atoms with E-state index in [-0.39, 0.29) is 11.9 Å². The number of nitrogens with one attached hydrogen (secondary N) is 1. The van der Waals surface area contributed by atoms with E-state index in [2.05, 4.69) is 27.9 Å². The molecule has 0 atom stereocenters. The van der Waals surface area contributed by atoms with Crippen molar-refractivity contribution >= 4 is 40.2 Å². The molecule has 0 saturated carbocycles. The molecule has 0 aliphatic rings. The van der Waals surface area contributed by atoms with Crippen LogP contribution in [-0.2, 0) is 4.74 Å². The van der Waals surface area contributed by atoms with Crippen LogP contribution in [0.3, 0.4) is 0 Å². The lowest BCUT2D eigenvalue weighted by molar-refractivity contribution is 0.0499. The zero-order chi connectivity index (χ0) is 16.7. The number of ether oxygens (including phenoxy) is 1. The molecule has 0 aliphatic heterocycles. The van der Waals surface area contributed by atoms with Crippen LogP contribution in [0.4, 0.5) is 5.69 Å². The number of carbonyl (C=O) groups is 2. The molecule has 2 rings (SSSR count). The van der Waals surface area contributed by atoms with Gasteiger partial charge in [0.2, 0.25) is 0 Å². The summed E-state index contributed by atoms with van der Waals surface area (Å²) in [6, 6.07) is 14.1. The molecule has 0 aromatic heterocycles. The first-order valence-corrected chi connectivity index (χ1v) is 8.52. The normalized spacial score (nSPS) is 10.2. The van der Waals surface area contributed by atoms with Crippen LogP contribution in [0.5, 0.6) is 0 Å². The molecule has 2 aromatic carbocycles. The Morgan fingerprint density at radius 2 is 1.78 bits per heavy atom. The third-order valence-electron chi connectivity index (χ3n) is 3.23. The zero-order valence-corrected chi connectivity index (χ0v) is 15.0. The van der Waals surface area contributed by atoms with Crippen LogP contribution < -0.4 is 5.32 Å². The van der Waals surface area contributed by atoms with Crippen molar-refractivity contribution in [1.82, 2.24) is 0 Å². The van der Waals surface area contributed by atoms with Crippen LogP contribution in [0.2, 0.25) is 0 Å². The SMILES string of the molecule is CCCCOC(=O)c1ccc(NC(=O)c2ccccc2I)cc1. The van der Waals surface area contributed by atoms with Gasteiger partial charge in [0, 0.05) is 9.26 Å². The second kappa shape index (κ2) is 8.67. The van der Waals surface area contributed by atoms with Gasteiger partial charge in [0.15, 0.2) is 0 Å². The number of amides is 1. The fraction of sp³-hybridized carbons (Fsp3) is 0.222. The number of rotatable bonds is 6. The first kappa shape index (κ1) is 17.5. The third-order valence-corrected chi connectivity index (χ3v) is 4.17. The molecule has 1 amide bonds. The minimum absolute atomic E-state index is 0.173. The average Bonchev–Trinajstić information content (AvgIpc) is 2.56. The fourth-order valence-corrected chi connectivity index (χ4v) is 2.56. The highest BCUT2D eigenvalue weighted by molar-refractivity contribution is 14.1. The van der Waals surface area contributed by atoms with Crippen LogP contribution in [0.1, 0.15) is 40.5 Å². The first-order chi connectivity index (χ1) is 11.1. The molecule has 0 heterocycles. The minimum Gasteiger partial charge on any atom is -0.462 e. The lowest BCUT2D eigenvalue weighted by Crippen LogP contribution is -2.13. The Hall–Kier alpha value is -1.89. The van der Waals surface area contributed by atoms with Gasteiger partial charge in [-0.3, -0.25) is 4.79 Å². The summed E-state index contributed by atoms with van der Waals surface area (Å²) in [6.45, 7) is 2.47. The van der Waals surface area contributed by atoms with E-state index in [1.807, 2.05) is 25.1 Å². The molecule has 5 heteroatoms. The van der Waals surface area contributed by atoms with Gasteiger partial charge in [-0.25, -0.2) is 4.79 Å². The van der Waals surface area contributed by atoms with Crippen LogP contribution in [0, 0.1) is 3.57 Å². The molecule has 0 unspecified atom stereocenters. The van der Waals surface area contributed by atoms with Gasteiger partial charge in [-0.05, 0) is 65.4 Å². The van der Waals surface area contributed by atoms with Crippen molar-refractivity contribution in [2.75, 3.05) is 11.9 Å². The number of unbranched alkanes of at least 4 members (excludes halogenated alkanes) is 1. The summed E-state index contributed by atoms with van der Waals surface area (Å²) in [6.07, 6.45) is 1.84. The molecule has 2 aromatic rings. The van der Waals surface area contributed by atoms with Gasteiger partial charge in [0.05, 0.1) is 17.7 Å². The molecule has 0 fully saturated rings. The standard InChI is InChI=1S/C18H18INO3/c1-2-3-12-23-18(22)13-8-10-14(11-9-13)20-17(21)15-6-4-5-7-16(15)19/h4-11H,2-3,12H2,1H3,(H,20,21). The largest absolute Gasteiger partial charge is 0.462 e. The number of esters is 1. The number of hydrogen-bond acceptors (Lipinski definition) is 3. The molecule has 0 saturated heterocycles. The smallest absolute Gasteiger partial charge is 0.338 e. The Morgan fingerprint density at radius 3 is 2.43 bits per heavy atom. The molecular weight excluding hydrogens is 405 g/mol. The Kier molecular flexibility index (Phi) is 6.58. The number of anilines is 1. The minimum atomic E-state index is -0.339. The van der Waals surface area contributed by atoms with Gasteiger partial charge in [-0.2, -0.15) is 0 Å². The number of carbonyl (C=O) groups excluding carboxylic acids is 2. The van der Waals surface area contributed by atoms with E-state index in [9.17, 15) is 9.59 Å². The van der Waals surface area contributed by atoms with E-state index in [0.717, 1.165) is 16.4 Å². The molecule has 0 bridgehead atoms. The second-order valence-corrected chi connectivity index (χ2v) is 6.16. The topological polar surface area (TPSA) is 55.4 Å². The van der Waals surface area contributed by atoms with E-state index in [4.69, 9.17) is 4.74 Å². The molecule has 1 N–H and O–H groups in total. The van der Waals surface area contributed by atoms with Crippen molar-refractivity contribution in [2.24, 2.45) is 0 Å². The highest BCUT2D eigenvalue weighted by Gasteiger charge is 2.10. The Morgan fingerprint density at radius 1 is 1.09 bits per heavy atom. The maximum atomic E-state index is 12.2. The van der Waals surface area contributed by atoms with Crippen molar-refractivity contribution in [3.63, 3.8) is 0 Å². The quantitative estimate of drug-likeness (QED) is 0.423. The Bertz CT molecular complexity index is 683. The van der Waals surface area contributed by atoms with E-state index >= 15 is 0 Å². The number of benzene rings is 2. The predicted octanol–water partition coefficient (Wildman–Crippen LogP) is 4.50. The van der Waals surface area contributed by atoms with Gasteiger partial charge in [-0.1, -0.05) is 25.5 Å². The van der Waals surface area contributed by atoms with E-state index < -0.39 is 0 Å². The molecule has 0 aliphatic carbocycles. The van der Waals surface area contributed by atoms with Crippen molar-refractivity contribution in [3.8, 4) is 0 Å². The van der Waals surface area contributed by atoms with Gasteiger partial charge in [0.25, 0.3) is 5.91 Å². The molecule has 120 valence electrons. The van der Waals surface area contributed by atoms with Gasteiger partial charge < -0.3 is 10.1 Å². The van der Waals surface area contributed by atoms with E-state index in [0.29, 0.717) is 23.4 Å². The summed E-state index contributed by atoms with van der Waals surface area (Å²) in [4.78, 5) is 24.0. The first-order valence-electron chi connectivity index (χ1n) is 7.45. The third kappa shape index (κ3) is 5.06. The van der Waals surface area contributed by atoms with E-state index in [1.165, 1.54) is 0 Å². The van der Waals surface area contributed by atoms with Gasteiger partial charge >= 0.3 is 5.97 Å². The number of hydrogen-bond donors (Lipinski definition) is 1. The van der Waals surface area contributed by atoms with Gasteiger partial charge in [0.1, 0.15) is 0 Å². The molecule has 0 spiro atoms. The van der Waals surface area contributed by atoms with Crippen molar-refractivity contribution in [3.05, 3.63) is 63.2 Å². The van der Waals surface area contributed by atoms with Crippen LogP contribution in [0.25, 0.3) is 0 Å². The van der Waals surface area contributed by atoms with Crippen LogP contribution in [0.15, 0.2) is 48.5 Å². The molecular formula is C18H18INO3. The highest BCUT2D eigenvalue weighted by atomic mass is 127. The molecule has 4 nitrogen and oxygen atoms in total. The Labute approximate surface area is 149 Å².